The number of amidine groups is 1. The van der Waals surface area contributed by atoms with Gasteiger partial charge in [0.2, 0.25) is 10.0 Å². The van der Waals surface area contributed by atoms with Gasteiger partial charge in [-0.3, -0.25) is 4.90 Å². The van der Waals surface area contributed by atoms with E-state index in [-0.39, 0.29) is 23.4 Å². The van der Waals surface area contributed by atoms with Crippen molar-refractivity contribution in [2.24, 2.45) is 16.1 Å². The first-order valence-electron chi connectivity index (χ1n) is 9.70. The Bertz CT molecular complexity index is 1010. The molecule has 0 spiro atoms. The molecule has 162 valence electrons. The summed E-state index contributed by atoms with van der Waals surface area (Å²) in [5.74, 6) is 5.67. The summed E-state index contributed by atoms with van der Waals surface area (Å²) in [5, 5.41) is 18.7. The van der Waals surface area contributed by atoms with Gasteiger partial charge < -0.3 is 16.4 Å². The van der Waals surface area contributed by atoms with Crippen molar-refractivity contribution in [1.29, 1.82) is 0 Å². The Kier molecular flexibility index (Phi) is 7.06. The normalized spacial score (nSPS) is 18.0. The van der Waals surface area contributed by atoms with E-state index in [0.717, 1.165) is 37.1 Å². The molecule has 0 amide bonds. The van der Waals surface area contributed by atoms with Crippen molar-refractivity contribution in [3.8, 4) is 11.1 Å². The highest BCUT2D eigenvalue weighted by Gasteiger charge is 2.24. The zero-order valence-corrected chi connectivity index (χ0v) is 17.7. The Balaban J connectivity index is 1.99. The summed E-state index contributed by atoms with van der Waals surface area (Å²) < 4.78 is 24.4. The number of hydrazine groups is 1. The lowest BCUT2D eigenvalue weighted by molar-refractivity contribution is 0.153. The van der Waals surface area contributed by atoms with Crippen LogP contribution in [0.3, 0.4) is 0 Å². The van der Waals surface area contributed by atoms with Crippen molar-refractivity contribution in [3.63, 3.8) is 0 Å². The zero-order chi connectivity index (χ0) is 21.7. The Morgan fingerprint density at radius 2 is 2.00 bits per heavy atom. The summed E-state index contributed by atoms with van der Waals surface area (Å²) in [7, 11) is -2.38. The van der Waals surface area contributed by atoms with Crippen LogP contribution in [0.25, 0.3) is 11.1 Å². The van der Waals surface area contributed by atoms with Gasteiger partial charge in [-0.25, -0.2) is 19.0 Å². The molecule has 9 nitrogen and oxygen atoms in total. The van der Waals surface area contributed by atoms with Crippen LogP contribution in [0.5, 0.6) is 0 Å². The molecule has 0 aliphatic carbocycles. The third kappa shape index (κ3) is 4.79. The van der Waals surface area contributed by atoms with Crippen molar-refractivity contribution in [2.75, 3.05) is 20.2 Å². The van der Waals surface area contributed by atoms with E-state index < -0.39 is 10.0 Å². The summed E-state index contributed by atoms with van der Waals surface area (Å²) in [5.41, 5.74) is 8.33. The predicted molar refractivity (Wildman–Crippen MR) is 117 cm³/mol. The number of hydrogen-bond donors (Lipinski definition) is 5. The van der Waals surface area contributed by atoms with Crippen LogP contribution in [0.4, 0.5) is 0 Å². The van der Waals surface area contributed by atoms with Crippen LogP contribution in [0.1, 0.15) is 24.0 Å². The van der Waals surface area contributed by atoms with E-state index >= 15 is 0 Å². The average molecular weight is 433 g/mol. The van der Waals surface area contributed by atoms with Gasteiger partial charge in [0, 0.05) is 25.2 Å². The third-order valence-corrected chi connectivity index (χ3v) is 6.26. The van der Waals surface area contributed by atoms with E-state index in [1.807, 2.05) is 24.3 Å². The number of nitrogens with zero attached hydrogens (tertiary/aromatic N) is 2. The minimum atomic E-state index is -4.00. The number of aliphatic hydroxyl groups excluding tert-OH is 1. The quantitative estimate of drug-likeness (QED) is 0.183. The van der Waals surface area contributed by atoms with Gasteiger partial charge in [-0.2, -0.15) is 5.10 Å². The number of nitrogens with two attached hydrogens (primary N) is 2. The molecule has 0 radical (unpaired) electrons. The lowest BCUT2D eigenvalue weighted by Gasteiger charge is -2.22. The molecule has 0 bridgehead atoms. The van der Waals surface area contributed by atoms with Crippen molar-refractivity contribution < 1.29 is 13.5 Å². The molecule has 0 aromatic heterocycles. The number of hydrazone groups is 1. The fourth-order valence-corrected chi connectivity index (χ4v) is 4.62. The molecule has 10 heteroatoms. The fraction of sp³-hybridized carbons (Fsp3) is 0.350. The molecular weight excluding hydrogens is 404 g/mol. The van der Waals surface area contributed by atoms with Crippen LogP contribution < -0.4 is 21.8 Å². The number of nitrogens with one attached hydrogen (secondary N) is 2. The molecule has 1 aliphatic heterocycles. The summed E-state index contributed by atoms with van der Waals surface area (Å²) in [6.45, 7) is 1.90. The molecule has 1 heterocycles. The largest absolute Gasteiger partial charge is 0.395 e. The Hall–Kier alpha value is -2.50. The van der Waals surface area contributed by atoms with Gasteiger partial charge in [0.05, 0.1) is 11.5 Å². The molecule has 7 N–H and O–H groups in total. The zero-order valence-electron chi connectivity index (χ0n) is 16.9. The fourth-order valence-electron chi connectivity index (χ4n) is 3.87. The first-order valence-corrected chi connectivity index (χ1v) is 11.2. The molecular formula is C20H28N6O3S. The van der Waals surface area contributed by atoms with Crippen LogP contribution in [0.15, 0.2) is 52.5 Å². The van der Waals surface area contributed by atoms with Gasteiger partial charge >= 0.3 is 0 Å². The molecule has 1 unspecified atom stereocenters. The lowest BCUT2D eigenvalue weighted by Crippen LogP contribution is -2.37. The van der Waals surface area contributed by atoms with E-state index in [2.05, 4.69) is 20.9 Å². The topological polar surface area (TPSA) is 146 Å². The van der Waals surface area contributed by atoms with Crippen LogP contribution in [0, 0.1) is 0 Å². The highest BCUT2D eigenvalue weighted by atomic mass is 32.2. The standard InChI is InChI=1S/C20H28N6O3S/c1-23-25-20(24-21)19-17(5-2-6-18(19)30(22,28)29)15-9-7-14(8-10-15)12-26-11-3-4-16(26)13-27/h2,5-10,16,23,27H,3-4,11-13,21H2,1H3,(H,24,25)(H2,22,28,29). The van der Waals surface area contributed by atoms with E-state index in [4.69, 9.17) is 11.0 Å². The number of sulfonamides is 1. The number of benzene rings is 2. The van der Waals surface area contributed by atoms with Gasteiger partial charge in [-0.1, -0.05) is 36.4 Å². The molecule has 3 rings (SSSR count). The summed E-state index contributed by atoms with van der Waals surface area (Å²) in [6, 6.07) is 12.9. The Labute approximate surface area is 176 Å². The molecule has 1 saturated heterocycles. The monoisotopic (exact) mass is 432 g/mol. The number of hydrogen-bond acceptors (Lipinski definition) is 7. The van der Waals surface area contributed by atoms with Gasteiger partial charge in [0.15, 0.2) is 5.84 Å². The molecule has 30 heavy (non-hydrogen) atoms. The number of aliphatic hydroxyl groups is 1. The Morgan fingerprint density at radius 3 is 2.60 bits per heavy atom. The van der Waals surface area contributed by atoms with Gasteiger partial charge in [0.25, 0.3) is 0 Å². The van der Waals surface area contributed by atoms with Gasteiger partial charge in [-0.05, 0) is 42.1 Å². The summed E-state index contributed by atoms with van der Waals surface area (Å²) in [4.78, 5) is 2.21. The SMILES string of the molecule is CNN/C(=N/N)c1c(-c2ccc(CN3CCCC3CO)cc2)cccc1S(N)(=O)=O. The predicted octanol–water partition coefficient (Wildman–Crippen LogP) is 0.302. The molecule has 1 fully saturated rings. The number of rotatable bonds is 7. The third-order valence-electron chi connectivity index (χ3n) is 5.30. The van der Waals surface area contributed by atoms with Crippen molar-refractivity contribution in [1.82, 2.24) is 15.8 Å². The molecule has 1 aliphatic rings. The number of likely N-dealkylation sites (tertiary alicyclic amines) is 1. The molecule has 0 saturated carbocycles. The lowest BCUT2D eigenvalue weighted by atomic mass is 9.97. The van der Waals surface area contributed by atoms with E-state index in [1.165, 1.54) is 6.07 Å². The van der Waals surface area contributed by atoms with Crippen molar-refractivity contribution in [3.05, 3.63) is 53.6 Å². The minimum absolute atomic E-state index is 0.0705. The molecule has 2 aromatic rings. The molecule has 1 atom stereocenters. The van der Waals surface area contributed by atoms with E-state index in [9.17, 15) is 13.5 Å². The number of primary sulfonamides is 1. The first kappa shape index (κ1) is 22.2. The second-order valence-corrected chi connectivity index (χ2v) is 8.75. The first-order chi connectivity index (χ1) is 14.4. The van der Waals surface area contributed by atoms with Crippen LogP contribution in [0.2, 0.25) is 0 Å². The maximum Gasteiger partial charge on any atom is 0.238 e. The second-order valence-electron chi connectivity index (χ2n) is 7.22. The second kappa shape index (κ2) is 9.54. The molecule has 2 aromatic carbocycles. The van der Waals surface area contributed by atoms with Gasteiger partial charge in [-0.15, -0.1) is 0 Å². The summed E-state index contributed by atoms with van der Waals surface area (Å²) >= 11 is 0. The highest BCUT2D eigenvalue weighted by Crippen LogP contribution is 2.29. The van der Waals surface area contributed by atoms with Crippen molar-refractivity contribution >= 4 is 15.9 Å². The van der Waals surface area contributed by atoms with Crippen LogP contribution in [-0.4, -0.2) is 50.5 Å². The van der Waals surface area contributed by atoms with Gasteiger partial charge in [0.1, 0.15) is 0 Å². The maximum absolute atomic E-state index is 12.2. The Morgan fingerprint density at radius 1 is 1.27 bits per heavy atom. The van der Waals surface area contributed by atoms with Crippen LogP contribution in [-0.2, 0) is 16.6 Å². The van der Waals surface area contributed by atoms with Crippen LogP contribution >= 0.6 is 0 Å². The smallest absolute Gasteiger partial charge is 0.238 e. The average Bonchev–Trinajstić information content (AvgIpc) is 3.18. The highest BCUT2D eigenvalue weighted by molar-refractivity contribution is 7.89. The van der Waals surface area contributed by atoms with E-state index in [1.54, 1.807) is 19.2 Å². The summed E-state index contributed by atoms with van der Waals surface area (Å²) in [6.07, 6.45) is 2.10. The van der Waals surface area contributed by atoms with Crippen molar-refractivity contribution in [2.45, 2.75) is 30.3 Å². The maximum atomic E-state index is 12.2. The minimum Gasteiger partial charge on any atom is -0.395 e. The van der Waals surface area contributed by atoms with E-state index in [0.29, 0.717) is 11.1 Å².